The Balaban J connectivity index is 2.34. The summed E-state index contributed by atoms with van der Waals surface area (Å²) < 4.78 is 19.5. The van der Waals surface area contributed by atoms with E-state index in [2.05, 4.69) is 15.9 Å². The van der Waals surface area contributed by atoms with Crippen LogP contribution >= 0.6 is 15.9 Å². The third-order valence-corrected chi connectivity index (χ3v) is 2.84. The normalized spacial score (nSPS) is 10.3. The molecule has 0 saturated heterocycles. The van der Waals surface area contributed by atoms with Gasteiger partial charge in [0.05, 0.1) is 5.69 Å². The molecule has 0 heterocycles. The Morgan fingerprint density at radius 2 is 1.88 bits per heavy atom. The molecule has 0 amide bonds. The minimum Gasteiger partial charge on any atom is -0.455 e. The van der Waals surface area contributed by atoms with Crippen molar-refractivity contribution in [3.05, 3.63) is 52.3 Å². The Morgan fingerprint density at radius 1 is 1.12 bits per heavy atom. The molecule has 0 bridgehead atoms. The molecule has 2 nitrogen and oxygen atoms in total. The van der Waals surface area contributed by atoms with Crippen LogP contribution in [0, 0.1) is 12.7 Å². The molecule has 17 heavy (non-hydrogen) atoms. The minimum atomic E-state index is -0.374. The zero-order chi connectivity index (χ0) is 12.4. The van der Waals surface area contributed by atoms with Crippen molar-refractivity contribution >= 4 is 21.6 Å². The van der Waals surface area contributed by atoms with Crippen molar-refractivity contribution < 1.29 is 9.13 Å². The summed E-state index contributed by atoms with van der Waals surface area (Å²) in [5, 5.41) is 0. The Bertz CT molecular complexity index is 557. The van der Waals surface area contributed by atoms with E-state index in [0.29, 0.717) is 11.5 Å². The quantitative estimate of drug-likeness (QED) is 0.840. The zero-order valence-corrected chi connectivity index (χ0v) is 10.8. The number of halogens is 2. The van der Waals surface area contributed by atoms with Crippen LogP contribution in [0.25, 0.3) is 0 Å². The van der Waals surface area contributed by atoms with Gasteiger partial charge in [-0.1, -0.05) is 22.0 Å². The Hall–Kier alpha value is -1.55. The summed E-state index contributed by atoms with van der Waals surface area (Å²) in [5.74, 6) is 0.770. The van der Waals surface area contributed by atoms with E-state index < -0.39 is 0 Å². The fourth-order valence-corrected chi connectivity index (χ4v) is 1.75. The van der Waals surface area contributed by atoms with Crippen molar-refractivity contribution in [3.63, 3.8) is 0 Å². The number of aryl methyl sites for hydroxylation is 1. The second-order valence-electron chi connectivity index (χ2n) is 3.69. The molecule has 88 valence electrons. The van der Waals surface area contributed by atoms with Gasteiger partial charge < -0.3 is 10.5 Å². The molecule has 0 fully saturated rings. The first kappa shape index (κ1) is 11.9. The summed E-state index contributed by atoms with van der Waals surface area (Å²) in [7, 11) is 0. The van der Waals surface area contributed by atoms with Gasteiger partial charge in [-0.15, -0.1) is 0 Å². The number of benzene rings is 2. The molecule has 2 aromatic rings. The summed E-state index contributed by atoms with van der Waals surface area (Å²) in [4.78, 5) is 0. The van der Waals surface area contributed by atoms with E-state index in [0.717, 1.165) is 10.0 Å². The number of hydrogen-bond acceptors (Lipinski definition) is 2. The van der Waals surface area contributed by atoms with E-state index in [4.69, 9.17) is 10.5 Å². The molecule has 0 radical (unpaired) electrons. The molecule has 4 heteroatoms. The van der Waals surface area contributed by atoms with Crippen molar-refractivity contribution in [2.75, 3.05) is 5.73 Å². The maximum absolute atomic E-state index is 12.9. The fraction of sp³-hybridized carbons (Fsp3) is 0.0769. The summed E-state index contributed by atoms with van der Waals surface area (Å²) in [6.45, 7) is 1.93. The van der Waals surface area contributed by atoms with E-state index in [1.54, 1.807) is 0 Å². The van der Waals surface area contributed by atoms with E-state index >= 15 is 0 Å². The highest BCUT2D eigenvalue weighted by Crippen LogP contribution is 2.31. The third-order valence-electron chi connectivity index (χ3n) is 2.34. The second kappa shape index (κ2) is 4.75. The molecule has 0 saturated carbocycles. The zero-order valence-electron chi connectivity index (χ0n) is 9.21. The molecule has 0 aliphatic carbocycles. The lowest BCUT2D eigenvalue weighted by atomic mass is 10.2. The number of rotatable bonds is 2. The standard InChI is InChI=1S/C13H11BrFNO/c1-8-2-3-9(14)6-13(8)17-12-5-4-10(15)7-11(12)16/h2-7H,16H2,1H3. The van der Waals surface area contributed by atoms with Crippen LogP contribution in [0.5, 0.6) is 11.5 Å². The lowest BCUT2D eigenvalue weighted by molar-refractivity contribution is 0.479. The van der Waals surface area contributed by atoms with Crippen molar-refractivity contribution in [3.8, 4) is 11.5 Å². The lowest BCUT2D eigenvalue weighted by Gasteiger charge is -2.11. The van der Waals surface area contributed by atoms with E-state index in [-0.39, 0.29) is 11.5 Å². The molecule has 0 aliphatic rings. The summed E-state index contributed by atoms with van der Waals surface area (Å²) in [6, 6.07) is 9.78. The molecule has 0 atom stereocenters. The third kappa shape index (κ3) is 2.77. The van der Waals surface area contributed by atoms with Crippen LogP contribution in [0.15, 0.2) is 40.9 Å². The van der Waals surface area contributed by atoms with Crippen LogP contribution in [0.2, 0.25) is 0 Å². The van der Waals surface area contributed by atoms with Gasteiger partial charge in [-0.2, -0.15) is 0 Å². The Kier molecular flexibility index (Phi) is 3.33. The molecular formula is C13H11BrFNO. The summed E-state index contributed by atoms with van der Waals surface area (Å²) in [5.41, 5.74) is 6.95. The molecule has 2 aromatic carbocycles. The molecule has 2 N–H and O–H groups in total. The van der Waals surface area contributed by atoms with Gasteiger partial charge in [0.15, 0.2) is 5.75 Å². The number of nitrogen functional groups attached to an aromatic ring is 1. The van der Waals surface area contributed by atoms with Gasteiger partial charge in [0, 0.05) is 10.5 Å². The number of anilines is 1. The van der Waals surface area contributed by atoms with Gasteiger partial charge in [-0.25, -0.2) is 4.39 Å². The monoisotopic (exact) mass is 295 g/mol. The number of hydrogen-bond donors (Lipinski definition) is 1. The van der Waals surface area contributed by atoms with Crippen LogP contribution in [-0.2, 0) is 0 Å². The summed E-state index contributed by atoms with van der Waals surface area (Å²) >= 11 is 3.37. The lowest BCUT2D eigenvalue weighted by Crippen LogP contribution is -1.94. The van der Waals surface area contributed by atoms with E-state index in [9.17, 15) is 4.39 Å². The maximum atomic E-state index is 12.9. The topological polar surface area (TPSA) is 35.2 Å². The van der Waals surface area contributed by atoms with Crippen LogP contribution in [0.1, 0.15) is 5.56 Å². The van der Waals surface area contributed by atoms with Gasteiger partial charge in [-0.05, 0) is 36.8 Å². The minimum absolute atomic E-state index is 0.282. The molecule has 0 spiro atoms. The first-order chi connectivity index (χ1) is 8.06. The van der Waals surface area contributed by atoms with E-state index in [1.165, 1.54) is 18.2 Å². The largest absolute Gasteiger partial charge is 0.455 e. The highest BCUT2D eigenvalue weighted by Gasteiger charge is 2.06. The Labute approximate surface area is 107 Å². The van der Waals surface area contributed by atoms with Crippen LogP contribution in [-0.4, -0.2) is 0 Å². The van der Waals surface area contributed by atoms with Crippen molar-refractivity contribution in [1.29, 1.82) is 0 Å². The van der Waals surface area contributed by atoms with Gasteiger partial charge in [0.25, 0.3) is 0 Å². The second-order valence-corrected chi connectivity index (χ2v) is 4.61. The average Bonchev–Trinajstić information content (AvgIpc) is 2.27. The maximum Gasteiger partial charge on any atom is 0.150 e. The molecule has 0 aromatic heterocycles. The number of nitrogens with two attached hydrogens (primary N) is 1. The highest BCUT2D eigenvalue weighted by atomic mass is 79.9. The predicted octanol–water partition coefficient (Wildman–Crippen LogP) is 4.27. The molecule has 0 aliphatic heterocycles. The summed E-state index contributed by atoms with van der Waals surface area (Å²) in [6.07, 6.45) is 0. The SMILES string of the molecule is Cc1ccc(Br)cc1Oc1ccc(F)cc1N. The van der Waals surface area contributed by atoms with Crippen molar-refractivity contribution in [2.45, 2.75) is 6.92 Å². The van der Waals surface area contributed by atoms with Gasteiger partial charge in [0.1, 0.15) is 11.6 Å². The van der Waals surface area contributed by atoms with Crippen molar-refractivity contribution in [2.24, 2.45) is 0 Å². The van der Waals surface area contributed by atoms with E-state index in [1.807, 2.05) is 25.1 Å². The van der Waals surface area contributed by atoms with Gasteiger partial charge >= 0.3 is 0 Å². The van der Waals surface area contributed by atoms with Crippen molar-refractivity contribution in [1.82, 2.24) is 0 Å². The number of ether oxygens (including phenoxy) is 1. The first-order valence-corrected chi connectivity index (χ1v) is 5.84. The first-order valence-electron chi connectivity index (χ1n) is 5.05. The van der Waals surface area contributed by atoms with Crippen LogP contribution < -0.4 is 10.5 Å². The van der Waals surface area contributed by atoms with Crippen LogP contribution in [0.4, 0.5) is 10.1 Å². The van der Waals surface area contributed by atoms with Gasteiger partial charge in [-0.3, -0.25) is 0 Å². The van der Waals surface area contributed by atoms with Crippen LogP contribution in [0.3, 0.4) is 0 Å². The molecular weight excluding hydrogens is 285 g/mol. The molecule has 2 rings (SSSR count). The predicted molar refractivity (Wildman–Crippen MR) is 69.8 cm³/mol. The highest BCUT2D eigenvalue weighted by molar-refractivity contribution is 9.10. The molecule has 0 unspecified atom stereocenters. The van der Waals surface area contributed by atoms with Gasteiger partial charge in [0.2, 0.25) is 0 Å². The smallest absolute Gasteiger partial charge is 0.150 e. The Morgan fingerprint density at radius 3 is 2.59 bits per heavy atom. The average molecular weight is 296 g/mol. The fourth-order valence-electron chi connectivity index (χ4n) is 1.41.